The van der Waals surface area contributed by atoms with Crippen LogP contribution in [-0.4, -0.2) is 11.6 Å². The molecule has 0 aliphatic rings. The molecule has 3 heteroatoms. The topological polar surface area (TPSA) is 17.0 Å². The first-order valence-corrected chi connectivity index (χ1v) is 6.30. The van der Waals surface area contributed by atoms with E-state index in [-0.39, 0.29) is 5.82 Å². The summed E-state index contributed by atoms with van der Waals surface area (Å²) in [5, 5.41) is 3.28. The average molecular weight is 246 g/mol. The molecule has 0 aliphatic carbocycles. The van der Waals surface area contributed by atoms with E-state index in [9.17, 15) is 4.39 Å². The van der Waals surface area contributed by atoms with E-state index >= 15 is 0 Å². The molecule has 1 aromatic carbocycles. The Morgan fingerprint density at radius 1 is 1.33 bits per heavy atom. The van der Waals surface area contributed by atoms with E-state index < -0.39 is 0 Å². The highest BCUT2D eigenvalue weighted by Crippen LogP contribution is 2.17. The summed E-state index contributed by atoms with van der Waals surface area (Å²) in [5.74, 6) is -0.179. The summed E-state index contributed by atoms with van der Waals surface area (Å²) in [4.78, 5) is 0. The lowest BCUT2D eigenvalue weighted by atomic mass is 10.1. The lowest BCUT2D eigenvalue weighted by Crippen LogP contribution is -2.14. The Bertz CT molecular complexity index is 501. The Kier molecular flexibility index (Phi) is 4.15. The van der Waals surface area contributed by atoms with Gasteiger partial charge in [0.1, 0.15) is 5.82 Å². The van der Waals surface area contributed by atoms with Gasteiger partial charge in [0.05, 0.1) is 0 Å². The van der Waals surface area contributed by atoms with Crippen LogP contribution < -0.4 is 5.32 Å². The summed E-state index contributed by atoms with van der Waals surface area (Å²) in [6.45, 7) is 2.86. The summed E-state index contributed by atoms with van der Waals surface area (Å²) in [7, 11) is 1.97. The minimum atomic E-state index is -0.179. The Labute approximate surface area is 107 Å². The lowest BCUT2D eigenvalue weighted by Gasteiger charge is -2.11. The molecule has 0 fully saturated rings. The van der Waals surface area contributed by atoms with Crippen molar-refractivity contribution in [1.82, 2.24) is 9.88 Å². The Balaban J connectivity index is 2.11. The van der Waals surface area contributed by atoms with Gasteiger partial charge >= 0.3 is 0 Å². The number of nitrogens with zero attached hydrogens (tertiary/aromatic N) is 1. The molecule has 1 heterocycles. The van der Waals surface area contributed by atoms with Crippen LogP contribution in [0.5, 0.6) is 0 Å². The Hall–Kier alpha value is -1.61. The van der Waals surface area contributed by atoms with Crippen molar-refractivity contribution in [1.29, 1.82) is 0 Å². The highest BCUT2D eigenvalue weighted by Gasteiger charge is 2.07. The van der Waals surface area contributed by atoms with Crippen LogP contribution in [0.2, 0.25) is 0 Å². The summed E-state index contributed by atoms with van der Waals surface area (Å²) in [6, 6.07) is 9.24. The molecule has 0 bridgehead atoms. The van der Waals surface area contributed by atoms with Crippen LogP contribution in [0.15, 0.2) is 42.7 Å². The van der Waals surface area contributed by atoms with E-state index in [1.807, 2.05) is 19.3 Å². The maximum absolute atomic E-state index is 13.1. The van der Waals surface area contributed by atoms with E-state index in [0.717, 1.165) is 12.0 Å². The van der Waals surface area contributed by atoms with E-state index in [1.165, 1.54) is 11.6 Å². The summed E-state index contributed by atoms with van der Waals surface area (Å²) in [6.07, 6.45) is 5.22. The van der Waals surface area contributed by atoms with E-state index in [4.69, 9.17) is 0 Å². The number of nitrogens with one attached hydrogen (secondary N) is 1. The Morgan fingerprint density at radius 3 is 2.83 bits per heavy atom. The minimum absolute atomic E-state index is 0.179. The maximum atomic E-state index is 13.1. The first kappa shape index (κ1) is 12.8. The van der Waals surface area contributed by atoms with Crippen molar-refractivity contribution in [2.75, 3.05) is 7.05 Å². The van der Waals surface area contributed by atoms with Crippen LogP contribution in [0, 0.1) is 5.82 Å². The number of hydrogen-bond acceptors (Lipinski definition) is 1. The van der Waals surface area contributed by atoms with Gasteiger partial charge in [-0.1, -0.05) is 19.1 Å². The number of aromatic nitrogens is 1. The Morgan fingerprint density at radius 2 is 2.17 bits per heavy atom. The SMILES string of the molecule is CCC(NC)c1ccn(Cc2cccc(F)c2)c1. The first-order chi connectivity index (χ1) is 8.72. The molecule has 1 aromatic heterocycles. The maximum Gasteiger partial charge on any atom is 0.123 e. The van der Waals surface area contributed by atoms with Crippen molar-refractivity contribution >= 4 is 0 Å². The van der Waals surface area contributed by atoms with Crippen LogP contribution in [0.3, 0.4) is 0 Å². The minimum Gasteiger partial charge on any atom is -0.350 e. The third-order valence-corrected chi connectivity index (χ3v) is 3.19. The quantitative estimate of drug-likeness (QED) is 0.856. The van der Waals surface area contributed by atoms with Crippen molar-refractivity contribution < 1.29 is 4.39 Å². The fourth-order valence-corrected chi connectivity index (χ4v) is 2.22. The van der Waals surface area contributed by atoms with E-state index in [2.05, 4.69) is 29.1 Å². The van der Waals surface area contributed by atoms with Gasteiger partial charge in [-0.25, -0.2) is 4.39 Å². The largest absolute Gasteiger partial charge is 0.350 e. The zero-order valence-corrected chi connectivity index (χ0v) is 10.9. The smallest absolute Gasteiger partial charge is 0.123 e. The fraction of sp³-hybridized carbons (Fsp3) is 0.333. The monoisotopic (exact) mass is 246 g/mol. The number of halogens is 1. The van der Waals surface area contributed by atoms with Crippen molar-refractivity contribution in [3.63, 3.8) is 0 Å². The van der Waals surface area contributed by atoms with Crippen molar-refractivity contribution in [2.45, 2.75) is 25.9 Å². The third-order valence-electron chi connectivity index (χ3n) is 3.19. The highest BCUT2D eigenvalue weighted by atomic mass is 19.1. The molecule has 0 amide bonds. The predicted octanol–water partition coefficient (Wildman–Crippen LogP) is 3.35. The fourth-order valence-electron chi connectivity index (χ4n) is 2.22. The molecule has 0 saturated carbocycles. The van der Waals surface area contributed by atoms with Gasteiger partial charge in [0.15, 0.2) is 0 Å². The van der Waals surface area contributed by atoms with Crippen molar-refractivity contribution in [3.05, 3.63) is 59.7 Å². The number of hydrogen-bond donors (Lipinski definition) is 1. The van der Waals surface area contributed by atoms with Gasteiger partial charge in [-0.05, 0) is 42.8 Å². The molecule has 2 aromatic rings. The molecular weight excluding hydrogens is 227 g/mol. The molecule has 0 spiro atoms. The average Bonchev–Trinajstić information content (AvgIpc) is 2.79. The van der Waals surface area contributed by atoms with Crippen LogP contribution in [0.1, 0.15) is 30.5 Å². The molecular formula is C15H19FN2. The standard InChI is InChI=1S/C15H19FN2/c1-3-15(17-2)13-7-8-18(11-13)10-12-5-4-6-14(16)9-12/h4-9,11,15,17H,3,10H2,1-2H3. The molecule has 2 nitrogen and oxygen atoms in total. The summed E-state index contributed by atoms with van der Waals surface area (Å²) >= 11 is 0. The molecule has 1 unspecified atom stereocenters. The van der Waals surface area contributed by atoms with E-state index in [1.54, 1.807) is 12.1 Å². The zero-order chi connectivity index (χ0) is 13.0. The number of benzene rings is 1. The van der Waals surface area contributed by atoms with Gasteiger partial charge in [0.25, 0.3) is 0 Å². The second-order valence-corrected chi connectivity index (χ2v) is 4.50. The van der Waals surface area contributed by atoms with Crippen LogP contribution in [-0.2, 0) is 6.54 Å². The van der Waals surface area contributed by atoms with Crippen molar-refractivity contribution in [3.8, 4) is 0 Å². The lowest BCUT2D eigenvalue weighted by molar-refractivity contribution is 0.575. The molecule has 96 valence electrons. The molecule has 0 aliphatic heterocycles. The molecule has 1 atom stereocenters. The molecule has 1 N–H and O–H groups in total. The van der Waals surface area contributed by atoms with Gasteiger partial charge in [0.2, 0.25) is 0 Å². The van der Waals surface area contributed by atoms with E-state index in [0.29, 0.717) is 12.6 Å². The molecule has 2 rings (SSSR count). The third kappa shape index (κ3) is 2.99. The van der Waals surface area contributed by atoms with Gasteiger partial charge in [-0.2, -0.15) is 0 Å². The second-order valence-electron chi connectivity index (χ2n) is 4.50. The van der Waals surface area contributed by atoms with Crippen molar-refractivity contribution in [2.24, 2.45) is 0 Å². The van der Waals surface area contributed by atoms with Crippen LogP contribution >= 0.6 is 0 Å². The normalized spacial score (nSPS) is 12.6. The molecule has 18 heavy (non-hydrogen) atoms. The van der Waals surface area contributed by atoms with Crippen LogP contribution in [0.25, 0.3) is 0 Å². The zero-order valence-electron chi connectivity index (χ0n) is 10.9. The highest BCUT2D eigenvalue weighted by molar-refractivity contribution is 5.20. The number of rotatable bonds is 5. The predicted molar refractivity (Wildman–Crippen MR) is 72.0 cm³/mol. The molecule has 0 saturated heterocycles. The van der Waals surface area contributed by atoms with Gasteiger partial charge < -0.3 is 9.88 Å². The molecule has 0 radical (unpaired) electrons. The summed E-state index contributed by atoms with van der Waals surface area (Å²) in [5.41, 5.74) is 2.26. The van der Waals surface area contributed by atoms with Crippen LogP contribution in [0.4, 0.5) is 4.39 Å². The van der Waals surface area contributed by atoms with Gasteiger partial charge in [-0.3, -0.25) is 0 Å². The van der Waals surface area contributed by atoms with Gasteiger partial charge in [0, 0.05) is 25.0 Å². The summed E-state index contributed by atoms with van der Waals surface area (Å²) < 4.78 is 15.2. The second kappa shape index (κ2) is 5.83. The first-order valence-electron chi connectivity index (χ1n) is 6.30. The van der Waals surface area contributed by atoms with Gasteiger partial charge in [-0.15, -0.1) is 0 Å².